The number of likely N-dealkylation sites (N-methyl/N-ethyl adjacent to an activating group) is 1. The van der Waals surface area contributed by atoms with Gasteiger partial charge in [-0.15, -0.1) is 0 Å². The van der Waals surface area contributed by atoms with Gasteiger partial charge in [-0.3, -0.25) is 9.63 Å². The highest BCUT2D eigenvalue weighted by atomic mass is 16.7. The minimum atomic E-state index is -0.935. The van der Waals surface area contributed by atoms with Gasteiger partial charge in [0.05, 0.1) is 12.9 Å². The van der Waals surface area contributed by atoms with E-state index in [0.717, 1.165) is 11.3 Å². The van der Waals surface area contributed by atoms with Crippen molar-refractivity contribution in [1.82, 2.24) is 15.0 Å². The summed E-state index contributed by atoms with van der Waals surface area (Å²) in [4.78, 5) is 23.6. The van der Waals surface area contributed by atoms with Crippen LogP contribution in [-0.4, -0.2) is 39.2 Å². The second-order valence-corrected chi connectivity index (χ2v) is 4.44. The maximum atomic E-state index is 11.3. The Bertz CT molecular complexity index is 528. The summed E-state index contributed by atoms with van der Waals surface area (Å²) in [7, 11) is 1.62. The monoisotopic (exact) mass is 275 g/mol. The number of nitrogens with zero attached hydrogens (tertiary/aromatic N) is 2. The van der Waals surface area contributed by atoms with Crippen LogP contribution in [0, 0.1) is 0 Å². The average Bonchev–Trinajstić information content (AvgIpc) is 2.96. The SMILES string of the molecule is CN(OCc1ccccc1)[C@@H](Cc1cnc[nH]1)C(=O)O. The van der Waals surface area contributed by atoms with E-state index in [1.54, 1.807) is 13.2 Å². The van der Waals surface area contributed by atoms with Crippen LogP contribution in [0.1, 0.15) is 11.3 Å². The summed E-state index contributed by atoms with van der Waals surface area (Å²) in [6, 6.07) is 8.84. The van der Waals surface area contributed by atoms with Gasteiger partial charge in [-0.25, -0.2) is 4.98 Å². The van der Waals surface area contributed by atoms with Crippen LogP contribution in [0.15, 0.2) is 42.9 Å². The number of rotatable bonds is 7. The van der Waals surface area contributed by atoms with E-state index in [1.165, 1.54) is 11.4 Å². The first-order valence-corrected chi connectivity index (χ1v) is 6.26. The Kier molecular flexibility index (Phi) is 4.86. The Morgan fingerprint density at radius 3 is 2.80 bits per heavy atom. The molecule has 2 rings (SSSR count). The minimum absolute atomic E-state index is 0.306. The Balaban J connectivity index is 1.93. The summed E-state index contributed by atoms with van der Waals surface area (Å²) in [5.41, 5.74) is 1.75. The van der Waals surface area contributed by atoms with Crippen molar-refractivity contribution in [3.63, 3.8) is 0 Å². The van der Waals surface area contributed by atoms with Crippen LogP contribution in [0.25, 0.3) is 0 Å². The number of H-pyrrole nitrogens is 1. The van der Waals surface area contributed by atoms with E-state index in [2.05, 4.69) is 9.97 Å². The molecule has 1 aromatic heterocycles. The molecule has 0 aliphatic heterocycles. The molecule has 2 aromatic rings. The first-order chi connectivity index (χ1) is 9.66. The average molecular weight is 275 g/mol. The van der Waals surface area contributed by atoms with Crippen LogP contribution in [-0.2, 0) is 22.7 Å². The van der Waals surface area contributed by atoms with E-state index >= 15 is 0 Å². The van der Waals surface area contributed by atoms with Gasteiger partial charge in [-0.2, -0.15) is 5.06 Å². The number of carbonyl (C=O) groups is 1. The molecule has 0 radical (unpaired) electrons. The zero-order valence-electron chi connectivity index (χ0n) is 11.2. The number of hydrogen-bond donors (Lipinski definition) is 2. The molecule has 0 saturated carbocycles. The van der Waals surface area contributed by atoms with Gasteiger partial charge in [0, 0.05) is 25.4 Å². The van der Waals surface area contributed by atoms with Gasteiger partial charge in [0.25, 0.3) is 0 Å². The van der Waals surface area contributed by atoms with Crippen LogP contribution in [0.3, 0.4) is 0 Å². The zero-order valence-corrected chi connectivity index (χ0v) is 11.2. The van der Waals surface area contributed by atoms with Gasteiger partial charge in [-0.1, -0.05) is 30.3 Å². The number of benzene rings is 1. The molecule has 0 fully saturated rings. The standard InChI is InChI=1S/C14H17N3O3/c1-17(20-9-11-5-3-2-4-6-11)13(14(18)19)7-12-8-15-10-16-12/h2-6,8,10,13H,7,9H2,1H3,(H,15,16)(H,18,19)/t13-/m0/s1. The number of carboxylic acid groups (broad SMARTS) is 1. The van der Waals surface area contributed by atoms with Crippen molar-refractivity contribution in [1.29, 1.82) is 0 Å². The third kappa shape index (κ3) is 3.91. The quantitative estimate of drug-likeness (QED) is 0.748. The van der Waals surface area contributed by atoms with E-state index in [9.17, 15) is 9.90 Å². The molecular weight excluding hydrogens is 258 g/mol. The predicted octanol–water partition coefficient (Wildman–Crippen LogP) is 1.47. The summed E-state index contributed by atoms with van der Waals surface area (Å²) in [6.45, 7) is 0.337. The van der Waals surface area contributed by atoms with Crippen molar-refractivity contribution in [2.45, 2.75) is 19.1 Å². The zero-order chi connectivity index (χ0) is 14.4. The lowest BCUT2D eigenvalue weighted by molar-refractivity contribution is -0.193. The molecule has 6 nitrogen and oxygen atoms in total. The third-order valence-electron chi connectivity index (χ3n) is 2.97. The molecule has 1 atom stereocenters. The van der Waals surface area contributed by atoms with Gasteiger partial charge < -0.3 is 10.1 Å². The maximum Gasteiger partial charge on any atom is 0.323 e. The van der Waals surface area contributed by atoms with E-state index in [1.807, 2.05) is 30.3 Å². The molecule has 0 spiro atoms. The third-order valence-corrected chi connectivity index (χ3v) is 2.97. The summed E-state index contributed by atoms with van der Waals surface area (Å²) in [5.74, 6) is -0.935. The Labute approximate surface area is 117 Å². The Morgan fingerprint density at radius 1 is 1.45 bits per heavy atom. The topological polar surface area (TPSA) is 78.5 Å². The van der Waals surface area contributed by atoms with Crippen molar-refractivity contribution in [3.8, 4) is 0 Å². The molecular formula is C14H17N3O3. The van der Waals surface area contributed by atoms with Gasteiger partial charge in [0.2, 0.25) is 0 Å². The Hall–Kier alpha value is -2.18. The lowest BCUT2D eigenvalue weighted by Crippen LogP contribution is -2.40. The fourth-order valence-electron chi connectivity index (χ4n) is 1.82. The molecule has 0 unspecified atom stereocenters. The molecule has 0 amide bonds. The second kappa shape index (κ2) is 6.83. The molecule has 106 valence electrons. The highest BCUT2D eigenvalue weighted by molar-refractivity contribution is 5.73. The van der Waals surface area contributed by atoms with Crippen LogP contribution in [0.5, 0.6) is 0 Å². The lowest BCUT2D eigenvalue weighted by Gasteiger charge is -2.23. The molecule has 0 saturated heterocycles. The van der Waals surface area contributed by atoms with Crippen LogP contribution in [0.2, 0.25) is 0 Å². The summed E-state index contributed by atoms with van der Waals surface area (Å²) < 4.78 is 0. The normalized spacial score (nSPS) is 12.5. The summed E-state index contributed by atoms with van der Waals surface area (Å²) in [5, 5.41) is 10.7. The van der Waals surface area contributed by atoms with Gasteiger partial charge in [-0.05, 0) is 5.56 Å². The first-order valence-electron chi connectivity index (χ1n) is 6.26. The van der Waals surface area contributed by atoms with Gasteiger partial charge in [0.1, 0.15) is 6.04 Å². The van der Waals surface area contributed by atoms with Crippen molar-refractivity contribution >= 4 is 5.97 Å². The molecule has 0 aliphatic carbocycles. The number of carboxylic acids is 1. The number of nitrogens with one attached hydrogen (secondary N) is 1. The second-order valence-electron chi connectivity index (χ2n) is 4.44. The van der Waals surface area contributed by atoms with Crippen molar-refractivity contribution in [3.05, 3.63) is 54.1 Å². The van der Waals surface area contributed by atoms with Gasteiger partial charge in [0.15, 0.2) is 0 Å². The van der Waals surface area contributed by atoms with E-state index in [-0.39, 0.29) is 0 Å². The first kappa shape index (κ1) is 14.2. The molecule has 2 N–H and O–H groups in total. The van der Waals surface area contributed by atoms with Crippen molar-refractivity contribution in [2.24, 2.45) is 0 Å². The number of imidazole rings is 1. The molecule has 1 heterocycles. The molecule has 0 bridgehead atoms. The van der Waals surface area contributed by atoms with E-state index in [0.29, 0.717) is 13.0 Å². The maximum absolute atomic E-state index is 11.3. The van der Waals surface area contributed by atoms with Crippen LogP contribution >= 0.6 is 0 Å². The largest absolute Gasteiger partial charge is 0.480 e. The number of aromatic amines is 1. The van der Waals surface area contributed by atoms with E-state index in [4.69, 9.17) is 4.84 Å². The molecule has 0 aliphatic rings. The summed E-state index contributed by atoms with van der Waals surface area (Å²) >= 11 is 0. The fraction of sp³-hybridized carbons (Fsp3) is 0.286. The van der Waals surface area contributed by atoms with Crippen molar-refractivity contribution in [2.75, 3.05) is 7.05 Å². The predicted molar refractivity (Wildman–Crippen MR) is 72.7 cm³/mol. The van der Waals surface area contributed by atoms with E-state index < -0.39 is 12.0 Å². The number of aliphatic carboxylic acids is 1. The molecule has 20 heavy (non-hydrogen) atoms. The Morgan fingerprint density at radius 2 is 2.20 bits per heavy atom. The molecule has 1 aromatic carbocycles. The number of hydrogen-bond acceptors (Lipinski definition) is 4. The lowest BCUT2D eigenvalue weighted by atomic mass is 10.1. The summed E-state index contributed by atoms with van der Waals surface area (Å²) in [6.07, 6.45) is 3.45. The highest BCUT2D eigenvalue weighted by Gasteiger charge is 2.24. The number of aromatic nitrogens is 2. The van der Waals surface area contributed by atoms with Gasteiger partial charge >= 0.3 is 5.97 Å². The van der Waals surface area contributed by atoms with Crippen LogP contribution < -0.4 is 0 Å². The highest BCUT2D eigenvalue weighted by Crippen LogP contribution is 2.09. The molecule has 6 heteroatoms. The number of hydroxylamine groups is 2. The van der Waals surface area contributed by atoms with Crippen molar-refractivity contribution < 1.29 is 14.7 Å². The minimum Gasteiger partial charge on any atom is -0.480 e. The fourth-order valence-corrected chi connectivity index (χ4v) is 1.82. The smallest absolute Gasteiger partial charge is 0.323 e. The van der Waals surface area contributed by atoms with Crippen LogP contribution in [0.4, 0.5) is 0 Å².